The van der Waals surface area contributed by atoms with Gasteiger partial charge in [0.25, 0.3) is 5.91 Å². The van der Waals surface area contributed by atoms with E-state index < -0.39 is 34.2 Å². The summed E-state index contributed by atoms with van der Waals surface area (Å²) in [6.45, 7) is 0. The first-order chi connectivity index (χ1) is 8.75. The Labute approximate surface area is 108 Å². The summed E-state index contributed by atoms with van der Waals surface area (Å²) in [5, 5.41) is 12.5. The normalized spacial score (nSPS) is 17.4. The van der Waals surface area contributed by atoms with Crippen LogP contribution in [0.4, 0.5) is 18.9 Å². The fraction of sp³-hybridized carbons (Fsp3) is 0.100. The minimum absolute atomic E-state index is 0.345. The number of rotatable bonds is 0. The number of oxime groups is 1. The molecule has 0 unspecified atom stereocenters. The highest BCUT2D eigenvalue weighted by molar-refractivity contribution is 6.73. The van der Waals surface area contributed by atoms with Crippen molar-refractivity contribution in [2.45, 2.75) is 6.18 Å². The summed E-state index contributed by atoms with van der Waals surface area (Å²) >= 11 is 5.61. The standard InChI is InChI=1S/C10H4ClF3N2O3/c11-4-1-3(10(12,13)14)2-5-6(4)8(17)7(16-19)9(18)15-5/h1-2,19H,(H,15,18). The maximum absolute atomic E-state index is 12.6. The number of Topliss-reactive ketones (excluding diaryl/α,β-unsaturated/α-hetero) is 1. The lowest BCUT2D eigenvalue weighted by Gasteiger charge is -2.19. The number of nitrogens with one attached hydrogen (secondary N) is 1. The summed E-state index contributed by atoms with van der Waals surface area (Å²) in [4.78, 5) is 23.0. The van der Waals surface area contributed by atoms with Crippen LogP contribution in [0.3, 0.4) is 0 Å². The summed E-state index contributed by atoms with van der Waals surface area (Å²) in [6.07, 6.45) is -4.67. The van der Waals surface area contributed by atoms with Crippen LogP contribution in [0.5, 0.6) is 0 Å². The van der Waals surface area contributed by atoms with Crippen molar-refractivity contribution in [3.8, 4) is 0 Å². The lowest BCUT2D eigenvalue weighted by molar-refractivity contribution is -0.137. The lowest BCUT2D eigenvalue weighted by Crippen LogP contribution is -2.36. The predicted molar refractivity (Wildman–Crippen MR) is 58.6 cm³/mol. The number of hydrogen-bond acceptors (Lipinski definition) is 4. The minimum Gasteiger partial charge on any atom is -0.410 e. The van der Waals surface area contributed by atoms with E-state index in [0.717, 1.165) is 0 Å². The van der Waals surface area contributed by atoms with Crippen LogP contribution in [0.15, 0.2) is 17.3 Å². The lowest BCUT2D eigenvalue weighted by atomic mass is 9.98. The highest BCUT2D eigenvalue weighted by Crippen LogP contribution is 2.37. The molecule has 100 valence electrons. The van der Waals surface area contributed by atoms with E-state index in [0.29, 0.717) is 12.1 Å². The van der Waals surface area contributed by atoms with Gasteiger partial charge in [0, 0.05) is 0 Å². The predicted octanol–water partition coefficient (Wildman–Crippen LogP) is 2.32. The van der Waals surface area contributed by atoms with Crippen LogP contribution in [0.25, 0.3) is 0 Å². The molecule has 1 amide bonds. The fourth-order valence-electron chi connectivity index (χ4n) is 1.59. The van der Waals surface area contributed by atoms with E-state index in [2.05, 4.69) is 5.16 Å². The summed E-state index contributed by atoms with van der Waals surface area (Å²) in [5.74, 6) is -2.14. The van der Waals surface area contributed by atoms with Crippen LogP contribution in [-0.2, 0) is 11.0 Å². The van der Waals surface area contributed by atoms with Crippen molar-refractivity contribution in [3.05, 3.63) is 28.3 Å². The first-order valence-corrected chi connectivity index (χ1v) is 5.12. The molecule has 0 fully saturated rings. The van der Waals surface area contributed by atoms with Crippen LogP contribution in [0.2, 0.25) is 5.02 Å². The molecule has 1 aromatic carbocycles. The van der Waals surface area contributed by atoms with Crippen molar-refractivity contribution in [3.63, 3.8) is 0 Å². The van der Waals surface area contributed by atoms with Crippen molar-refractivity contribution >= 4 is 34.7 Å². The van der Waals surface area contributed by atoms with Crippen molar-refractivity contribution in [2.75, 3.05) is 5.32 Å². The smallest absolute Gasteiger partial charge is 0.410 e. The molecular weight excluding hydrogens is 289 g/mol. The van der Waals surface area contributed by atoms with Crippen LogP contribution >= 0.6 is 11.6 Å². The summed E-state index contributed by atoms with van der Waals surface area (Å²) in [6, 6.07) is 1.15. The van der Waals surface area contributed by atoms with Gasteiger partial charge in [0.2, 0.25) is 11.5 Å². The molecule has 1 heterocycles. The van der Waals surface area contributed by atoms with Crippen molar-refractivity contribution in [1.82, 2.24) is 0 Å². The number of anilines is 1. The Bertz CT molecular complexity index is 625. The molecule has 0 bridgehead atoms. The van der Waals surface area contributed by atoms with Crippen LogP contribution in [0.1, 0.15) is 15.9 Å². The Hall–Kier alpha value is -2.09. The minimum atomic E-state index is -4.67. The molecular formula is C10H4ClF3N2O3. The number of carbonyl (C=O) groups excluding carboxylic acids is 2. The number of amides is 1. The average Bonchev–Trinajstić information content (AvgIpc) is 2.26. The van der Waals surface area contributed by atoms with Crippen LogP contribution in [0, 0.1) is 0 Å². The quantitative estimate of drug-likeness (QED) is 0.569. The first-order valence-electron chi connectivity index (χ1n) is 4.74. The van der Waals surface area contributed by atoms with E-state index in [-0.39, 0.29) is 11.3 Å². The van der Waals surface area contributed by atoms with Crippen molar-refractivity contribution in [1.29, 1.82) is 0 Å². The molecule has 0 radical (unpaired) electrons. The largest absolute Gasteiger partial charge is 0.416 e. The van der Waals surface area contributed by atoms with Crippen LogP contribution < -0.4 is 5.32 Å². The van der Waals surface area contributed by atoms with E-state index in [9.17, 15) is 22.8 Å². The van der Waals surface area contributed by atoms with Gasteiger partial charge in [-0.3, -0.25) is 9.59 Å². The van der Waals surface area contributed by atoms with Gasteiger partial charge < -0.3 is 10.5 Å². The number of hydrogen-bond donors (Lipinski definition) is 2. The second-order valence-corrected chi connectivity index (χ2v) is 4.02. The highest BCUT2D eigenvalue weighted by Gasteiger charge is 2.37. The van der Waals surface area contributed by atoms with Gasteiger partial charge in [-0.25, -0.2) is 0 Å². The third kappa shape index (κ3) is 2.14. The van der Waals surface area contributed by atoms with Crippen LogP contribution in [-0.4, -0.2) is 22.6 Å². The maximum atomic E-state index is 12.6. The number of alkyl halides is 3. The zero-order valence-corrected chi connectivity index (χ0v) is 9.63. The highest BCUT2D eigenvalue weighted by atomic mass is 35.5. The van der Waals surface area contributed by atoms with Crippen molar-refractivity contribution in [2.24, 2.45) is 5.16 Å². The summed E-state index contributed by atoms with van der Waals surface area (Å²) < 4.78 is 37.7. The van der Waals surface area contributed by atoms with Crippen molar-refractivity contribution < 1.29 is 28.0 Å². The van der Waals surface area contributed by atoms with E-state index in [1.54, 1.807) is 0 Å². The Morgan fingerprint density at radius 2 is 1.89 bits per heavy atom. The first kappa shape index (κ1) is 13.3. The summed E-state index contributed by atoms with van der Waals surface area (Å²) in [7, 11) is 0. The number of carbonyl (C=O) groups is 2. The average molecular weight is 293 g/mol. The van der Waals surface area contributed by atoms with Gasteiger partial charge in [0.1, 0.15) is 0 Å². The monoisotopic (exact) mass is 292 g/mol. The topological polar surface area (TPSA) is 78.8 Å². The second kappa shape index (κ2) is 4.23. The van der Waals surface area contributed by atoms with Gasteiger partial charge in [-0.15, -0.1) is 0 Å². The zero-order chi connectivity index (χ0) is 14.4. The Morgan fingerprint density at radius 1 is 1.26 bits per heavy atom. The number of fused-ring (bicyclic) bond motifs is 1. The third-order valence-electron chi connectivity index (χ3n) is 2.42. The molecule has 0 saturated carbocycles. The molecule has 2 N–H and O–H groups in total. The molecule has 9 heteroatoms. The molecule has 0 saturated heterocycles. The van der Waals surface area contributed by atoms with E-state index >= 15 is 0 Å². The van der Waals surface area contributed by atoms with E-state index in [1.807, 2.05) is 5.32 Å². The molecule has 1 aliphatic heterocycles. The van der Waals surface area contributed by atoms with E-state index in [1.165, 1.54) is 0 Å². The number of halogens is 4. The number of ketones is 1. The third-order valence-corrected chi connectivity index (χ3v) is 2.72. The van der Waals surface area contributed by atoms with Gasteiger partial charge in [0.15, 0.2) is 0 Å². The van der Waals surface area contributed by atoms with Gasteiger partial charge in [-0.2, -0.15) is 13.2 Å². The number of nitrogens with zero attached hydrogens (tertiary/aromatic N) is 1. The maximum Gasteiger partial charge on any atom is 0.416 e. The summed E-state index contributed by atoms with van der Waals surface area (Å²) in [5.41, 5.74) is -2.66. The zero-order valence-electron chi connectivity index (χ0n) is 8.88. The molecule has 1 aliphatic rings. The second-order valence-electron chi connectivity index (χ2n) is 3.61. The Morgan fingerprint density at radius 3 is 2.42 bits per heavy atom. The molecule has 1 aromatic rings. The Balaban J connectivity index is 2.66. The number of benzene rings is 1. The molecule has 0 spiro atoms. The van der Waals surface area contributed by atoms with Gasteiger partial charge in [-0.1, -0.05) is 16.8 Å². The fourth-order valence-corrected chi connectivity index (χ4v) is 1.90. The molecule has 0 aromatic heterocycles. The molecule has 0 aliphatic carbocycles. The van der Waals surface area contributed by atoms with Gasteiger partial charge in [0.05, 0.1) is 21.8 Å². The molecule has 2 rings (SSSR count). The molecule has 19 heavy (non-hydrogen) atoms. The Kier molecular flexibility index (Phi) is 2.97. The van der Waals surface area contributed by atoms with E-state index in [4.69, 9.17) is 16.8 Å². The van der Waals surface area contributed by atoms with Gasteiger partial charge in [-0.05, 0) is 12.1 Å². The molecule has 0 atom stereocenters. The van der Waals surface area contributed by atoms with Gasteiger partial charge >= 0.3 is 6.18 Å². The SMILES string of the molecule is O=C1Nc2cc(C(F)(F)F)cc(Cl)c2C(=O)C1=NO. The molecule has 5 nitrogen and oxygen atoms in total.